The van der Waals surface area contributed by atoms with Crippen LogP contribution in [-0.4, -0.2) is 116 Å². The number of hydrogen-bond acceptors (Lipinski definition) is 14. The maximum Gasteiger partial charge on any atom is 0.261 e. The molecular formula is C74H75N5O11. The number of Topliss-reactive ketones (excluding diaryl/α,β-unsaturated/α-hetero) is 1. The second-order valence-electron chi connectivity index (χ2n) is 31.5. The van der Waals surface area contributed by atoms with Crippen molar-refractivity contribution in [3.8, 4) is 23.3 Å². The number of nitrogens with one attached hydrogen (secondary N) is 3. The van der Waals surface area contributed by atoms with Crippen LogP contribution in [0.5, 0.6) is 11.5 Å². The highest BCUT2D eigenvalue weighted by molar-refractivity contribution is 6.34. The van der Waals surface area contributed by atoms with Crippen molar-refractivity contribution >= 4 is 45.6 Å². The molecule has 7 fully saturated rings. The van der Waals surface area contributed by atoms with Gasteiger partial charge in [0.15, 0.2) is 17.5 Å². The molecule has 16 nitrogen and oxygen atoms in total. The molecule has 90 heavy (non-hydrogen) atoms. The number of carbonyl (C=O) groups is 3. The van der Waals surface area contributed by atoms with Crippen LogP contribution in [0.15, 0.2) is 60.1 Å². The summed E-state index contributed by atoms with van der Waals surface area (Å²) in [5.41, 5.74) is 1.25. The van der Waals surface area contributed by atoms with E-state index >= 15 is 9.59 Å². The van der Waals surface area contributed by atoms with E-state index in [1.165, 1.54) is 6.07 Å². The van der Waals surface area contributed by atoms with E-state index in [2.05, 4.69) is 39.3 Å². The van der Waals surface area contributed by atoms with Crippen LogP contribution in [0.2, 0.25) is 0 Å². The Morgan fingerprint density at radius 1 is 0.800 bits per heavy atom. The number of benzene rings is 2. The van der Waals surface area contributed by atoms with Crippen molar-refractivity contribution < 1.29 is 54.5 Å². The van der Waals surface area contributed by atoms with Gasteiger partial charge in [-0.3, -0.25) is 14.4 Å². The Bertz CT molecular complexity index is 4360. The molecule has 9 spiro atoms. The Hall–Kier alpha value is -6.71. The van der Waals surface area contributed by atoms with Gasteiger partial charge in [0.05, 0.1) is 52.2 Å². The van der Waals surface area contributed by atoms with Crippen LogP contribution in [-0.2, 0) is 20.4 Å². The number of H-pyrrole nitrogens is 2. The van der Waals surface area contributed by atoms with Crippen LogP contribution >= 0.6 is 0 Å². The fraction of sp³-hybridized carbons (Fsp3) is 0.554. The smallest absolute Gasteiger partial charge is 0.261 e. The fourth-order valence-corrected chi connectivity index (χ4v) is 24.5. The van der Waals surface area contributed by atoms with Gasteiger partial charge >= 0.3 is 0 Å². The first-order valence-electron chi connectivity index (χ1n) is 33.8. The van der Waals surface area contributed by atoms with Crippen molar-refractivity contribution in [3.63, 3.8) is 0 Å². The van der Waals surface area contributed by atoms with Gasteiger partial charge in [-0.15, -0.1) is 5.92 Å². The highest BCUT2D eigenvalue weighted by Crippen LogP contribution is 2.80. The minimum Gasteiger partial charge on any atom is -0.507 e. The van der Waals surface area contributed by atoms with E-state index < -0.39 is 81.1 Å². The number of aromatic amines is 2. The molecule has 13 aliphatic carbocycles. The zero-order valence-corrected chi connectivity index (χ0v) is 50.7. The number of anilines is 1. The van der Waals surface area contributed by atoms with E-state index in [9.17, 15) is 35.4 Å². The number of carbonyl (C=O) groups excluding carboxylic acids is 3. The van der Waals surface area contributed by atoms with Crippen LogP contribution < -0.4 is 10.1 Å². The lowest BCUT2D eigenvalue weighted by Crippen LogP contribution is -2.79. The molecule has 7 heterocycles. The number of phenolic OH excluding ortho intramolecular Hbond substituents is 1. The zero-order chi connectivity index (χ0) is 60.8. The molecule has 22 rings (SSSR count). The van der Waals surface area contributed by atoms with E-state index in [1.807, 2.05) is 6.33 Å². The van der Waals surface area contributed by atoms with Gasteiger partial charge in [-0.2, -0.15) is 0 Å². The minimum atomic E-state index is -2.53. The summed E-state index contributed by atoms with van der Waals surface area (Å²) >= 11 is 0. The third kappa shape index (κ3) is 5.97. The van der Waals surface area contributed by atoms with Crippen molar-refractivity contribution in [1.29, 1.82) is 0 Å². The molecule has 0 radical (unpaired) electrons. The van der Waals surface area contributed by atoms with Gasteiger partial charge in [-0.05, 0) is 166 Å². The Morgan fingerprint density at radius 2 is 1.61 bits per heavy atom. The Morgan fingerprint density at radius 3 is 2.43 bits per heavy atom. The summed E-state index contributed by atoms with van der Waals surface area (Å²) < 4.78 is 15.3. The third-order valence-electron chi connectivity index (χ3n) is 27.9. The van der Waals surface area contributed by atoms with Crippen molar-refractivity contribution in [2.75, 3.05) is 11.9 Å². The first kappa shape index (κ1) is 53.9. The maximum absolute atomic E-state index is 15.6. The molecule has 16 heteroatoms. The molecule has 3 aromatic heterocycles. The normalized spacial score (nSPS) is 39.8. The monoisotopic (exact) mass is 1210 g/mol. The molecule has 6 saturated carbocycles. The van der Waals surface area contributed by atoms with Gasteiger partial charge in [0.2, 0.25) is 5.78 Å². The highest BCUT2D eigenvalue weighted by atomic mass is 16.7. The van der Waals surface area contributed by atoms with Crippen molar-refractivity contribution in [3.05, 3.63) is 122 Å². The lowest BCUT2D eigenvalue weighted by Gasteiger charge is -2.64. The number of aromatic nitrogens is 4. The topological polar surface area (TPSA) is 260 Å². The zero-order valence-electron chi connectivity index (χ0n) is 50.7. The number of phenols is 1. The SMILES string of the molecule is Cc1cc(O)c2c(c1)C(=O)c1c(c3cc4c(nccc14)NCC(O)C14CC5(CCCC5)C5C#CCC67C=Cc8c([nH]c(c8C51)C1=CC5(O3)OC3(C1=C4CC1(CCC4(CCCC4)C1)C3O)C(O)C(O)C5O)C61c3[nH]cnc3C3(CCC(=O)CC3)CC1CCC7)C2=O. The number of rotatable bonds is 0. The number of nitrogens with zero attached hydrogens (tertiary/aromatic N) is 2. The van der Waals surface area contributed by atoms with E-state index in [-0.39, 0.29) is 68.4 Å². The second-order valence-corrected chi connectivity index (χ2v) is 31.5. The number of ketones is 3. The molecule has 14 unspecified atom stereocenters. The molecule has 1 saturated heterocycles. The number of fused-ring (bicyclic) bond motifs is 8. The molecular weight excluding hydrogens is 1130 g/mol. The summed E-state index contributed by atoms with van der Waals surface area (Å²) in [5.74, 6) is 3.75. The summed E-state index contributed by atoms with van der Waals surface area (Å²) in [6, 6.07) is 6.29. The maximum atomic E-state index is 15.6. The van der Waals surface area contributed by atoms with Gasteiger partial charge in [0, 0.05) is 98.8 Å². The van der Waals surface area contributed by atoms with Gasteiger partial charge in [-0.25, -0.2) is 9.97 Å². The molecule has 0 amide bonds. The van der Waals surface area contributed by atoms with Crippen LogP contribution in [0.1, 0.15) is 218 Å². The number of pyridine rings is 1. The largest absolute Gasteiger partial charge is 0.507 e. The summed E-state index contributed by atoms with van der Waals surface area (Å²) in [6.45, 7) is 1.70. The molecule has 9 N–H and O–H groups in total. The molecule has 14 atom stereocenters. The predicted molar refractivity (Wildman–Crippen MR) is 329 cm³/mol. The average Bonchev–Trinajstić information content (AvgIpc) is 1.37. The highest BCUT2D eigenvalue weighted by Gasteiger charge is 2.79. The number of aliphatic hydroxyl groups excluding tert-OH is 5. The van der Waals surface area contributed by atoms with Crippen LogP contribution in [0.3, 0.4) is 0 Å². The number of hydrogen-bond donors (Lipinski definition) is 9. The first-order valence-corrected chi connectivity index (χ1v) is 33.8. The van der Waals surface area contributed by atoms with Crippen molar-refractivity contribution in [2.24, 2.45) is 38.9 Å². The third-order valence-corrected chi connectivity index (χ3v) is 27.9. The molecule has 4 aliphatic heterocycles. The van der Waals surface area contributed by atoms with E-state index in [1.54, 1.807) is 37.4 Å². The summed E-state index contributed by atoms with van der Waals surface area (Å²) in [5, 5.41) is 85.8. The first-order chi connectivity index (χ1) is 43.4. The molecule has 12 bridgehead atoms. The number of aromatic hydroxyl groups is 1. The standard InChI is InChI=1S/C74H75N5O11/c1-36-26-42-49(46(81)27-36)57(84)52-47-28-41-39(50(52)56(42)83)13-25-75-64(41)76-32-48(82)71-34-68(16-4-5-17-68)44-9-7-19-70-18-6-8-37-29-67(20-10-38(80)11-21-67)60-61(78-35-77-60)73(37,70)59-40(12-22-70)51(54(44)71)55(79-59)43-30-72(89-47)62(86)58(85)63(87)74(90-72)53(43)45(71)31-69(65(74)88)24-23-66(33-69)14-2-3-15-66/h12-13,22,25-28,30,35,37,44,48,54,58,62-63,65,79,81-82,85-88H,2-6,8,10-11,14-21,23-24,29,31-34H2,1H3,(H,75,76)(H,77,78). The molecule has 17 aliphatic rings. The fourth-order valence-electron chi connectivity index (χ4n) is 24.5. The number of allylic oxidation sites excluding steroid dienone is 1. The lowest BCUT2D eigenvalue weighted by molar-refractivity contribution is -0.366. The Balaban J connectivity index is 0.939. The van der Waals surface area contributed by atoms with Crippen LogP contribution in [0.25, 0.3) is 22.4 Å². The lowest BCUT2D eigenvalue weighted by atomic mass is 9.40. The molecule has 462 valence electrons. The summed E-state index contributed by atoms with van der Waals surface area (Å²) in [7, 11) is 0. The average molecular weight is 1210 g/mol. The van der Waals surface area contributed by atoms with Gasteiger partial charge < -0.3 is 55.4 Å². The van der Waals surface area contributed by atoms with E-state index in [0.29, 0.717) is 89.7 Å². The summed E-state index contributed by atoms with van der Waals surface area (Å²) in [6.07, 6.45) is 18.6. The quantitative estimate of drug-likeness (QED) is 0.0642. The van der Waals surface area contributed by atoms with E-state index in [0.717, 1.165) is 130 Å². The summed E-state index contributed by atoms with van der Waals surface area (Å²) in [4.78, 5) is 62.8. The number of ether oxygens (including phenoxy) is 2. The van der Waals surface area contributed by atoms with Gasteiger partial charge in [-0.1, -0.05) is 55.7 Å². The minimum absolute atomic E-state index is 0.00978. The number of aliphatic hydroxyl groups is 5. The molecule has 5 aromatic rings. The van der Waals surface area contributed by atoms with Gasteiger partial charge in [0.25, 0.3) is 5.79 Å². The number of aryl methyl sites for hydroxylation is 1. The Labute approximate surface area is 520 Å². The second kappa shape index (κ2) is 17.1. The Kier molecular flexibility index (Phi) is 10.2. The predicted octanol–water partition coefficient (Wildman–Crippen LogP) is 9.63. The van der Waals surface area contributed by atoms with Crippen LogP contribution in [0, 0.1) is 57.7 Å². The van der Waals surface area contributed by atoms with E-state index in [4.69, 9.17) is 19.4 Å². The molecule has 2 aromatic carbocycles. The van der Waals surface area contributed by atoms with Crippen LogP contribution in [0.4, 0.5) is 5.82 Å². The van der Waals surface area contributed by atoms with Crippen molar-refractivity contribution in [1.82, 2.24) is 19.9 Å². The number of imidazole rings is 1. The van der Waals surface area contributed by atoms with Gasteiger partial charge in [0.1, 0.15) is 35.3 Å². The van der Waals surface area contributed by atoms with Crippen molar-refractivity contribution in [2.45, 2.75) is 207 Å².